The van der Waals surface area contributed by atoms with E-state index in [1.165, 1.54) is 4.88 Å². The summed E-state index contributed by atoms with van der Waals surface area (Å²) in [5, 5.41) is 21.9. The van der Waals surface area contributed by atoms with Crippen LogP contribution < -0.4 is 10.6 Å². The molecule has 2 N–H and O–H groups in total. The minimum absolute atomic E-state index is 0.529. The molecule has 0 atom stereocenters. The zero-order chi connectivity index (χ0) is 22.3. The summed E-state index contributed by atoms with van der Waals surface area (Å²) in [6.45, 7) is 5.80. The van der Waals surface area contributed by atoms with Crippen LogP contribution in [-0.2, 0) is 26.6 Å². The number of guanidine groups is 1. The van der Waals surface area contributed by atoms with Crippen molar-refractivity contribution >= 4 is 17.3 Å². The van der Waals surface area contributed by atoms with Crippen molar-refractivity contribution in [3.63, 3.8) is 0 Å². The van der Waals surface area contributed by atoms with E-state index in [0.29, 0.717) is 13.1 Å². The molecule has 0 aliphatic carbocycles. The first-order chi connectivity index (χ1) is 15.6. The molecular formula is C23H28N8S. The van der Waals surface area contributed by atoms with Gasteiger partial charge in [0, 0.05) is 24.7 Å². The van der Waals surface area contributed by atoms with E-state index in [1.54, 1.807) is 11.3 Å². The zero-order valence-corrected chi connectivity index (χ0v) is 19.4. The van der Waals surface area contributed by atoms with Gasteiger partial charge in [-0.05, 0) is 49.4 Å². The van der Waals surface area contributed by atoms with E-state index in [9.17, 15) is 0 Å². The second-order valence-corrected chi connectivity index (χ2v) is 8.56. The number of para-hydroxylation sites is 1. The maximum Gasteiger partial charge on any atom is 0.191 e. The Labute approximate surface area is 192 Å². The predicted octanol–water partition coefficient (Wildman–Crippen LogP) is 3.16. The van der Waals surface area contributed by atoms with E-state index in [2.05, 4.69) is 55.6 Å². The van der Waals surface area contributed by atoms with E-state index in [-0.39, 0.29) is 0 Å². The van der Waals surface area contributed by atoms with E-state index in [1.807, 2.05) is 54.5 Å². The molecule has 4 rings (SSSR count). The van der Waals surface area contributed by atoms with Crippen molar-refractivity contribution in [2.75, 3.05) is 6.54 Å². The topological polar surface area (TPSA) is 85.0 Å². The Morgan fingerprint density at radius 2 is 1.94 bits per heavy atom. The fourth-order valence-electron chi connectivity index (χ4n) is 3.28. The first-order valence-electron chi connectivity index (χ1n) is 10.6. The maximum atomic E-state index is 4.86. The third kappa shape index (κ3) is 5.42. The predicted molar refractivity (Wildman–Crippen MR) is 128 cm³/mol. The van der Waals surface area contributed by atoms with Gasteiger partial charge in [0.2, 0.25) is 0 Å². The Hall–Kier alpha value is -3.46. The van der Waals surface area contributed by atoms with Gasteiger partial charge in [0.1, 0.15) is 5.82 Å². The maximum absolute atomic E-state index is 4.86. The molecule has 8 nitrogen and oxygen atoms in total. The lowest BCUT2D eigenvalue weighted by Crippen LogP contribution is -2.38. The quantitative estimate of drug-likeness (QED) is 0.320. The van der Waals surface area contributed by atoms with Gasteiger partial charge in [0.25, 0.3) is 0 Å². The van der Waals surface area contributed by atoms with Gasteiger partial charge in [-0.2, -0.15) is 5.10 Å². The summed E-state index contributed by atoms with van der Waals surface area (Å²) >= 11 is 1.77. The minimum atomic E-state index is 0.529. The average molecular weight is 449 g/mol. The van der Waals surface area contributed by atoms with Crippen LogP contribution in [0.15, 0.2) is 59.0 Å². The first kappa shape index (κ1) is 21.8. The van der Waals surface area contributed by atoms with Gasteiger partial charge >= 0.3 is 0 Å². The van der Waals surface area contributed by atoms with Crippen LogP contribution in [-0.4, -0.2) is 37.0 Å². The second kappa shape index (κ2) is 10.2. The second-order valence-electron chi connectivity index (χ2n) is 7.53. The van der Waals surface area contributed by atoms with Crippen LogP contribution in [0.2, 0.25) is 0 Å². The average Bonchev–Trinajstić information content (AvgIpc) is 3.54. The summed E-state index contributed by atoms with van der Waals surface area (Å²) in [6, 6.07) is 14.4. The molecule has 166 valence electrons. The van der Waals surface area contributed by atoms with E-state index < -0.39 is 0 Å². The fourth-order valence-corrected chi connectivity index (χ4v) is 3.99. The van der Waals surface area contributed by atoms with Crippen molar-refractivity contribution in [1.82, 2.24) is 35.2 Å². The Morgan fingerprint density at radius 3 is 2.66 bits per heavy atom. The van der Waals surface area contributed by atoms with Crippen LogP contribution >= 0.6 is 11.3 Å². The SMILES string of the molecule is Cc1ccn(-c2ccccc2CN=C(NCCc2cccs2)NCc2nnc(C)n2C)n1. The number of thiophene rings is 1. The number of nitrogens with zero attached hydrogens (tertiary/aromatic N) is 6. The van der Waals surface area contributed by atoms with Gasteiger partial charge < -0.3 is 15.2 Å². The number of nitrogens with one attached hydrogen (secondary N) is 2. The molecule has 0 spiro atoms. The molecule has 0 fully saturated rings. The van der Waals surface area contributed by atoms with Crippen LogP contribution in [0.25, 0.3) is 5.69 Å². The monoisotopic (exact) mass is 448 g/mol. The molecule has 0 radical (unpaired) electrons. The van der Waals surface area contributed by atoms with Gasteiger partial charge in [0.15, 0.2) is 11.8 Å². The number of aromatic nitrogens is 5. The molecule has 3 aromatic heterocycles. The Bertz CT molecular complexity index is 1170. The molecule has 9 heteroatoms. The van der Waals surface area contributed by atoms with Crippen molar-refractivity contribution in [2.45, 2.75) is 33.4 Å². The molecular weight excluding hydrogens is 420 g/mol. The van der Waals surface area contributed by atoms with E-state index in [0.717, 1.165) is 47.5 Å². The van der Waals surface area contributed by atoms with Crippen LogP contribution in [0.3, 0.4) is 0 Å². The van der Waals surface area contributed by atoms with E-state index >= 15 is 0 Å². The van der Waals surface area contributed by atoms with Gasteiger partial charge in [-0.15, -0.1) is 21.5 Å². The highest BCUT2D eigenvalue weighted by Gasteiger charge is 2.08. The van der Waals surface area contributed by atoms with Crippen molar-refractivity contribution in [3.8, 4) is 5.69 Å². The lowest BCUT2D eigenvalue weighted by Gasteiger charge is -2.13. The lowest BCUT2D eigenvalue weighted by atomic mass is 10.2. The first-order valence-corrected chi connectivity index (χ1v) is 11.5. The molecule has 0 aliphatic rings. The summed E-state index contributed by atoms with van der Waals surface area (Å²) in [6.07, 6.45) is 2.93. The molecule has 0 aliphatic heterocycles. The van der Waals surface area contributed by atoms with Crippen molar-refractivity contribution in [1.29, 1.82) is 0 Å². The number of rotatable bonds is 8. The molecule has 3 heterocycles. The van der Waals surface area contributed by atoms with Gasteiger partial charge in [-0.3, -0.25) is 0 Å². The number of aryl methyl sites for hydroxylation is 2. The van der Waals surface area contributed by atoms with Crippen molar-refractivity contribution in [3.05, 3.63) is 81.8 Å². The van der Waals surface area contributed by atoms with Crippen molar-refractivity contribution in [2.24, 2.45) is 12.0 Å². The minimum Gasteiger partial charge on any atom is -0.356 e. The molecule has 0 bridgehead atoms. The highest BCUT2D eigenvalue weighted by atomic mass is 32.1. The largest absolute Gasteiger partial charge is 0.356 e. The van der Waals surface area contributed by atoms with Crippen LogP contribution in [0.5, 0.6) is 0 Å². The summed E-state index contributed by atoms with van der Waals surface area (Å²) in [7, 11) is 1.97. The standard InChI is InChI=1S/C23H28N8S/c1-17-11-13-31(29-17)21-9-5-4-7-19(21)15-25-23(24-12-10-20-8-6-14-32-20)26-16-22-28-27-18(2)30(22)3/h4-9,11,13-14H,10,12,15-16H2,1-3H3,(H2,24,25,26). The van der Waals surface area contributed by atoms with Gasteiger partial charge in [0.05, 0.1) is 24.5 Å². The molecule has 0 saturated carbocycles. The number of hydrogen-bond donors (Lipinski definition) is 2. The van der Waals surface area contributed by atoms with E-state index in [4.69, 9.17) is 4.99 Å². The normalized spacial score (nSPS) is 11.7. The fraction of sp³-hybridized carbons (Fsp3) is 0.304. The lowest BCUT2D eigenvalue weighted by molar-refractivity contribution is 0.713. The van der Waals surface area contributed by atoms with Gasteiger partial charge in [-0.25, -0.2) is 9.67 Å². The Morgan fingerprint density at radius 1 is 1.06 bits per heavy atom. The highest BCUT2D eigenvalue weighted by molar-refractivity contribution is 7.09. The summed E-state index contributed by atoms with van der Waals surface area (Å²) in [4.78, 5) is 6.20. The van der Waals surface area contributed by atoms with Crippen LogP contribution in [0, 0.1) is 13.8 Å². The number of benzene rings is 1. The zero-order valence-electron chi connectivity index (χ0n) is 18.6. The molecule has 0 saturated heterocycles. The van der Waals surface area contributed by atoms with Crippen LogP contribution in [0.1, 0.15) is 27.8 Å². The molecule has 1 aromatic carbocycles. The number of aliphatic imine (C=N–C) groups is 1. The molecule has 0 unspecified atom stereocenters. The smallest absolute Gasteiger partial charge is 0.191 e. The Balaban J connectivity index is 1.48. The molecule has 0 amide bonds. The Kier molecular flexibility index (Phi) is 6.96. The van der Waals surface area contributed by atoms with Gasteiger partial charge in [-0.1, -0.05) is 24.3 Å². The highest BCUT2D eigenvalue weighted by Crippen LogP contribution is 2.15. The third-order valence-electron chi connectivity index (χ3n) is 5.21. The molecule has 32 heavy (non-hydrogen) atoms. The number of hydrogen-bond acceptors (Lipinski definition) is 5. The molecule has 4 aromatic rings. The van der Waals surface area contributed by atoms with Crippen molar-refractivity contribution < 1.29 is 0 Å². The third-order valence-corrected chi connectivity index (χ3v) is 6.15. The summed E-state index contributed by atoms with van der Waals surface area (Å²) < 4.78 is 3.88. The van der Waals surface area contributed by atoms with Crippen LogP contribution in [0.4, 0.5) is 0 Å². The summed E-state index contributed by atoms with van der Waals surface area (Å²) in [5.74, 6) is 2.49. The summed E-state index contributed by atoms with van der Waals surface area (Å²) in [5.41, 5.74) is 3.12.